The number of amides is 2. The summed E-state index contributed by atoms with van der Waals surface area (Å²) >= 11 is 6.45. The number of hydrogen-bond acceptors (Lipinski definition) is 5. The number of anilines is 2. The monoisotopic (exact) mass is 430 g/mol. The van der Waals surface area contributed by atoms with E-state index in [0.29, 0.717) is 54.4 Å². The van der Waals surface area contributed by atoms with Gasteiger partial charge in [-0.25, -0.2) is 0 Å². The largest absolute Gasteiger partial charge is 0.367 e. The van der Waals surface area contributed by atoms with Gasteiger partial charge in [0.05, 0.1) is 15.6 Å². The first-order valence-electron chi connectivity index (χ1n) is 9.68. The number of nitrogens with zero attached hydrogens (tertiary/aromatic N) is 3. The number of aryl methyl sites for hydroxylation is 1. The van der Waals surface area contributed by atoms with Gasteiger partial charge in [0.1, 0.15) is 0 Å². The third-order valence-corrected chi connectivity index (χ3v) is 5.44. The summed E-state index contributed by atoms with van der Waals surface area (Å²) in [6.45, 7) is 6.14. The summed E-state index contributed by atoms with van der Waals surface area (Å²) in [5.74, 6) is -0.219. The van der Waals surface area contributed by atoms with E-state index in [1.165, 1.54) is 18.2 Å². The minimum absolute atomic E-state index is 0.0281. The second-order valence-electron chi connectivity index (χ2n) is 7.10. The highest BCUT2D eigenvalue weighted by molar-refractivity contribution is 6.33. The molecule has 0 unspecified atom stereocenters. The van der Waals surface area contributed by atoms with Crippen molar-refractivity contribution in [3.8, 4) is 0 Å². The fourth-order valence-electron chi connectivity index (χ4n) is 3.47. The number of carbonyl (C=O) groups excluding carboxylic acids is 2. The van der Waals surface area contributed by atoms with Crippen LogP contribution < -0.4 is 10.2 Å². The lowest BCUT2D eigenvalue weighted by Crippen LogP contribution is -2.48. The molecule has 0 radical (unpaired) electrons. The standard InChI is InChI=1S/C21H23ClN4O4/c1-3-20(27)25-10-8-24(9-11-25)19-7-5-16(13-17(19)22)23-21(28)15-4-6-18(26(29)30)14(2)12-15/h4-7,12-13H,3,8-11H2,1-2H3,(H,23,28). The number of hydrogen-bond donors (Lipinski definition) is 1. The number of nitro benzene ring substituents is 1. The molecule has 1 saturated heterocycles. The summed E-state index contributed by atoms with van der Waals surface area (Å²) in [5, 5.41) is 14.2. The van der Waals surface area contributed by atoms with Crippen LogP contribution in [0.5, 0.6) is 0 Å². The molecule has 30 heavy (non-hydrogen) atoms. The molecule has 1 heterocycles. The topological polar surface area (TPSA) is 95.8 Å². The Kier molecular flexibility index (Phi) is 6.56. The predicted octanol–water partition coefficient (Wildman–Crippen LogP) is 3.87. The Balaban J connectivity index is 1.67. The molecule has 3 rings (SSSR count). The molecule has 9 heteroatoms. The van der Waals surface area contributed by atoms with E-state index in [9.17, 15) is 19.7 Å². The zero-order valence-corrected chi connectivity index (χ0v) is 17.6. The Hall–Kier alpha value is -3.13. The number of nitro groups is 1. The molecule has 0 aliphatic carbocycles. The van der Waals surface area contributed by atoms with Crippen molar-refractivity contribution >= 4 is 40.5 Å². The van der Waals surface area contributed by atoms with Crippen molar-refractivity contribution in [1.29, 1.82) is 0 Å². The van der Waals surface area contributed by atoms with Crippen molar-refractivity contribution in [2.75, 3.05) is 36.4 Å². The molecule has 1 N–H and O–H groups in total. The normalized spacial score (nSPS) is 13.8. The molecule has 0 atom stereocenters. The third-order valence-electron chi connectivity index (χ3n) is 5.14. The maximum atomic E-state index is 12.5. The van der Waals surface area contributed by atoms with Gasteiger partial charge in [0, 0.05) is 55.5 Å². The lowest BCUT2D eigenvalue weighted by atomic mass is 10.1. The maximum absolute atomic E-state index is 12.5. The summed E-state index contributed by atoms with van der Waals surface area (Å²) in [5.41, 5.74) is 2.10. The predicted molar refractivity (Wildman–Crippen MR) is 116 cm³/mol. The summed E-state index contributed by atoms with van der Waals surface area (Å²) in [7, 11) is 0. The van der Waals surface area contributed by atoms with Gasteiger partial charge in [-0.05, 0) is 37.3 Å². The number of benzene rings is 2. The van der Waals surface area contributed by atoms with Crippen LogP contribution in [0.4, 0.5) is 17.1 Å². The van der Waals surface area contributed by atoms with Gasteiger partial charge >= 0.3 is 0 Å². The summed E-state index contributed by atoms with van der Waals surface area (Å²) < 4.78 is 0. The van der Waals surface area contributed by atoms with Crippen molar-refractivity contribution in [2.45, 2.75) is 20.3 Å². The number of piperazine rings is 1. The molecule has 1 aliphatic heterocycles. The molecule has 0 bridgehead atoms. The quantitative estimate of drug-likeness (QED) is 0.573. The van der Waals surface area contributed by atoms with E-state index in [2.05, 4.69) is 10.2 Å². The number of nitrogens with one attached hydrogen (secondary N) is 1. The summed E-state index contributed by atoms with van der Waals surface area (Å²) in [6, 6.07) is 9.52. The van der Waals surface area contributed by atoms with Crippen LogP contribution in [0.25, 0.3) is 0 Å². The Labute approximate surface area is 179 Å². The van der Waals surface area contributed by atoms with Gasteiger partial charge in [0.25, 0.3) is 11.6 Å². The SMILES string of the molecule is CCC(=O)N1CCN(c2ccc(NC(=O)c3ccc([N+](=O)[O-])c(C)c3)cc2Cl)CC1. The molecule has 1 fully saturated rings. The fourth-order valence-corrected chi connectivity index (χ4v) is 3.77. The lowest BCUT2D eigenvalue weighted by molar-refractivity contribution is -0.385. The number of rotatable bonds is 5. The Morgan fingerprint density at radius 1 is 1.13 bits per heavy atom. The Bertz CT molecular complexity index is 987. The zero-order valence-electron chi connectivity index (χ0n) is 16.9. The van der Waals surface area contributed by atoms with Gasteiger partial charge in [-0.2, -0.15) is 0 Å². The molecule has 158 valence electrons. The van der Waals surface area contributed by atoms with Gasteiger partial charge < -0.3 is 15.1 Å². The van der Waals surface area contributed by atoms with E-state index >= 15 is 0 Å². The van der Waals surface area contributed by atoms with E-state index < -0.39 is 4.92 Å². The highest BCUT2D eigenvalue weighted by atomic mass is 35.5. The van der Waals surface area contributed by atoms with Gasteiger partial charge in [-0.15, -0.1) is 0 Å². The smallest absolute Gasteiger partial charge is 0.272 e. The molecule has 2 amide bonds. The second-order valence-corrected chi connectivity index (χ2v) is 7.51. The molecular formula is C21H23ClN4O4. The van der Waals surface area contributed by atoms with E-state index in [0.717, 1.165) is 5.69 Å². The highest BCUT2D eigenvalue weighted by Gasteiger charge is 2.22. The van der Waals surface area contributed by atoms with E-state index in [4.69, 9.17) is 11.6 Å². The lowest BCUT2D eigenvalue weighted by Gasteiger charge is -2.36. The highest BCUT2D eigenvalue weighted by Crippen LogP contribution is 2.30. The van der Waals surface area contributed by atoms with Crippen LogP contribution in [-0.2, 0) is 4.79 Å². The van der Waals surface area contributed by atoms with Crippen LogP contribution in [0.3, 0.4) is 0 Å². The van der Waals surface area contributed by atoms with Crippen LogP contribution in [0, 0.1) is 17.0 Å². The molecular weight excluding hydrogens is 408 g/mol. The average Bonchev–Trinajstić information content (AvgIpc) is 2.73. The number of carbonyl (C=O) groups is 2. The molecule has 0 saturated carbocycles. The molecule has 2 aromatic carbocycles. The van der Waals surface area contributed by atoms with E-state index in [1.807, 2.05) is 17.9 Å². The van der Waals surface area contributed by atoms with Crippen molar-refractivity contribution in [3.63, 3.8) is 0 Å². The van der Waals surface area contributed by atoms with Crippen molar-refractivity contribution in [3.05, 3.63) is 62.7 Å². The van der Waals surface area contributed by atoms with E-state index in [1.54, 1.807) is 19.1 Å². The maximum Gasteiger partial charge on any atom is 0.272 e. The van der Waals surface area contributed by atoms with Crippen LogP contribution in [0.2, 0.25) is 5.02 Å². The summed E-state index contributed by atoms with van der Waals surface area (Å²) in [6.07, 6.45) is 0.503. The molecule has 0 spiro atoms. The minimum Gasteiger partial charge on any atom is -0.367 e. The Morgan fingerprint density at radius 3 is 2.40 bits per heavy atom. The van der Waals surface area contributed by atoms with Crippen LogP contribution in [0.15, 0.2) is 36.4 Å². The van der Waals surface area contributed by atoms with Crippen molar-refractivity contribution in [2.24, 2.45) is 0 Å². The van der Waals surface area contributed by atoms with Crippen LogP contribution in [-0.4, -0.2) is 47.8 Å². The van der Waals surface area contributed by atoms with Crippen molar-refractivity contribution in [1.82, 2.24) is 4.90 Å². The fraction of sp³-hybridized carbons (Fsp3) is 0.333. The third kappa shape index (κ3) is 4.71. The molecule has 2 aromatic rings. The number of halogens is 1. The first-order chi connectivity index (χ1) is 14.3. The van der Waals surface area contributed by atoms with Gasteiger partial charge in [0.2, 0.25) is 5.91 Å². The van der Waals surface area contributed by atoms with Gasteiger partial charge in [-0.3, -0.25) is 19.7 Å². The Morgan fingerprint density at radius 2 is 1.83 bits per heavy atom. The molecule has 0 aromatic heterocycles. The van der Waals surface area contributed by atoms with Crippen LogP contribution in [0.1, 0.15) is 29.3 Å². The first kappa shape index (κ1) is 21.6. The first-order valence-corrected chi connectivity index (χ1v) is 10.1. The van der Waals surface area contributed by atoms with Gasteiger partial charge in [0.15, 0.2) is 0 Å². The van der Waals surface area contributed by atoms with Gasteiger partial charge in [-0.1, -0.05) is 18.5 Å². The van der Waals surface area contributed by atoms with Crippen LogP contribution >= 0.6 is 11.6 Å². The molecule has 8 nitrogen and oxygen atoms in total. The minimum atomic E-state index is -0.479. The van der Waals surface area contributed by atoms with E-state index in [-0.39, 0.29) is 17.5 Å². The average molecular weight is 431 g/mol. The second kappa shape index (κ2) is 9.13. The molecule has 1 aliphatic rings. The zero-order chi connectivity index (χ0) is 21.8. The van der Waals surface area contributed by atoms with Crippen molar-refractivity contribution < 1.29 is 14.5 Å². The summed E-state index contributed by atoms with van der Waals surface area (Å²) in [4.78, 5) is 38.7.